The summed E-state index contributed by atoms with van der Waals surface area (Å²) in [6.45, 7) is 2.02. The van der Waals surface area contributed by atoms with Gasteiger partial charge >= 0.3 is 0 Å². The van der Waals surface area contributed by atoms with E-state index in [-0.39, 0.29) is 5.82 Å². The number of nitrogens with two attached hydrogens (primary N) is 1. The van der Waals surface area contributed by atoms with Crippen LogP contribution in [0.2, 0.25) is 0 Å². The van der Waals surface area contributed by atoms with E-state index >= 15 is 0 Å². The minimum atomic E-state index is -0.259. The number of thiazole rings is 1. The van der Waals surface area contributed by atoms with Crippen LogP contribution in [0.25, 0.3) is 21.7 Å². The molecular weight excluding hydrogens is 271 g/mol. The maximum atomic E-state index is 14.0. The van der Waals surface area contributed by atoms with E-state index in [9.17, 15) is 4.39 Å². The lowest BCUT2D eigenvalue weighted by atomic mass is 10.0. The van der Waals surface area contributed by atoms with Gasteiger partial charge in [-0.2, -0.15) is 0 Å². The van der Waals surface area contributed by atoms with Crippen LogP contribution in [0.3, 0.4) is 0 Å². The first-order chi connectivity index (χ1) is 9.65. The maximum absolute atomic E-state index is 14.0. The van der Waals surface area contributed by atoms with Gasteiger partial charge in [0.25, 0.3) is 0 Å². The standard InChI is InChI=1S/C16H13FN2S/c1-10-5-4-6-11(9-10)14-15(20-16(18)19-14)12-7-2-3-8-13(12)17/h2-9H,1H3,(H2,18,19). The Bertz CT molecular complexity index is 765. The number of anilines is 1. The molecule has 0 spiro atoms. The third-order valence-electron chi connectivity index (χ3n) is 3.05. The van der Waals surface area contributed by atoms with Crippen molar-refractivity contribution in [1.29, 1.82) is 0 Å². The van der Waals surface area contributed by atoms with E-state index in [0.29, 0.717) is 10.7 Å². The highest BCUT2D eigenvalue weighted by molar-refractivity contribution is 7.19. The summed E-state index contributed by atoms with van der Waals surface area (Å²) in [5.74, 6) is -0.259. The van der Waals surface area contributed by atoms with Gasteiger partial charge in [-0.05, 0) is 19.1 Å². The predicted octanol–water partition coefficient (Wildman–Crippen LogP) is 4.51. The van der Waals surface area contributed by atoms with Crippen LogP contribution in [-0.2, 0) is 0 Å². The third-order valence-corrected chi connectivity index (χ3v) is 3.97. The molecule has 3 aromatic rings. The normalized spacial score (nSPS) is 10.7. The Morgan fingerprint density at radius 2 is 1.90 bits per heavy atom. The largest absolute Gasteiger partial charge is 0.375 e. The first-order valence-electron chi connectivity index (χ1n) is 6.23. The maximum Gasteiger partial charge on any atom is 0.181 e. The summed E-state index contributed by atoms with van der Waals surface area (Å²) in [5.41, 5.74) is 9.19. The molecule has 0 radical (unpaired) electrons. The van der Waals surface area contributed by atoms with Gasteiger partial charge in [0.1, 0.15) is 5.82 Å². The van der Waals surface area contributed by atoms with E-state index < -0.39 is 0 Å². The number of aryl methyl sites for hydroxylation is 1. The van der Waals surface area contributed by atoms with Crippen LogP contribution in [0.1, 0.15) is 5.56 Å². The van der Waals surface area contributed by atoms with Crippen molar-refractivity contribution in [3.8, 4) is 21.7 Å². The van der Waals surface area contributed by atoms with Gasteiger partial charge < -0.3 is 5.73 Å². The van der Waals surface area contributed by atoms with Gasteiger partial charge in [0.05, 0.1) is 10.6 Å². The Morgan fingerprint density at radius 3 is 2.65 bits per heavy atom. The number of hydrogen-bond donors (Lipinski definition) is 1. The van der Waals surface area contributed by atoms with Gasteiger partial charge in [-0.1, -0.05) is 53.3 Å². The summed E-state index contributed by atoms with van der Waals surface area (Å²) < 4.78 is 14.0. The summed E-state index contributed by atoms with van der Waals surface area (Å²) in [7, 11) is 0. The van der Waals surface area contributed by atoms with Crippen LogP contribution in [0.5, 0.6) is 0 Å². The average Bonchev–Trinajstić information content (AvgIpc) is 2.81. The summed E-state index contributed by atoms with van der Waals surface area (Å²) >= 11 is 1.31. The Kier molecular flexibility index (Phi) is 3.24. The second kappa shape index (κ2) is 5.06. The monoisotopic (exact) mass is 284 g/mol. The van der Waals surface area contributed by atoms with Gasteiger partial charge in [-0.3, -0.25) is 0 Å². The van der Waals surface area contributed by atoms with Gasteiger partial charge in [0.2, 0.25) is 0 Å². The zero-order chi connectivity index (χ0) is 14.1. The van der Waals surface area contributed by atoms with Crippen LogP contribution < -0.4 is 5.73 Å². The zero-order valence-corrected chi connectivity index (χ0v) is 11.7. The molecule has 0 fully saturated rings. The number of rotatable bonds is 2. The van der Waals surface area contributed by atoms with Crippen molar-refractivity contribution in [2.45, 2.75) is 6.92 Å². The van der Waals surface area contributed by atoms with E-state index in [4.69, 9.17) is 5.73 Å². The van der Waals surface area contributed by atoms with Crippen LogP contribution in [0.4, 0.5) is 9.52 Å². The van der Waals surface area contributed by atoms with E-state index in [0.717, 1.165) is 21.7 Å². The minimum Gasteiger partial charge on any atom is -0.375 e. The molecule has 0 saturated carbocycles. The Balaban J connectivity index is 2.21. The van der Waals surface area contributed by atoms with Crippen molar-refractivity contribution in [3.63, 3.8) is 0 Å². The topological polar surface area (TPSA) is 38.9 Å². The molecule has 1 aromatic heterocycles. The van der Waals surface area contributed by atoms with Crippen LogP contribution in [0.15, 0.2) is 48.5 Å². The second-order valence-electron chi connectivity index (χ2n) is 4.58. The van der Waals surface area contributed by atoms with Gasteiger partial charge in [-0.15, -0.1) is 0 Å². The molecule has 2 aromatic carbocycles. The van der Waals surface area contributed by atoms with Crippen molar-refractivity contribution < 1.29 is 4.39 Å². The molecule has 4 heteroatoms. The highest BCUT2D eigenvalue weighted by Crippen LogP contribution is 2.39. The molecule has 100 valence electrons. The number of aromatic nitrogens is 1. The number of benzene rings is 2. The second-order valence-corrected chi connectivity index (χ2v) is 5.61. The van der Waals surface area contributed by atoms with Gasteiger partial charge in [0.15, 0.2) is 5.13 Å². The summed E-state index contributed by atoms with van der Waals surface area (Å²) in [5, 5.41) is 0.444. The fourth-order valence-electron chi connectivity index (χ4n) is 2.15. The van der Waals surface area contributed by atoms with E-state index in [1.807, 2.05) is 37.3 Å². The molecule has 20 heavy (non-hydrogen) atoms. The average molecular weight is 284 g/mol. The van der Waals surface area contributed by atoms with Crippen LogP contribution in [-0.4, -0.2) is 4.98 Å². The fraction of sp³-hybridized carbons (Fsp3) is 0.0625. The van der Waals surface area contributed by atoms with Gasteiger partial charge in [-0.25, -0.2) is 9.37 Å². The van der Waals surface area contributed by atoms with Crippen molar-refractivity contribution in [1.82, 2.24) is 4.98 Å². The van der Waals surface area contributed by atoms with Crippen LogP contribution >= 0.6 is 11.3 Å². The van der Waals surface area contributed by atoms with Crippen molar-refractivity contribution in [2.75, 3.05) is 5.73 Å². The third kappa shape index (κ3) is 2.30. The smallest absolute Gasteiger partial charge is 0.181 e. The number of hydrogen-bond acceptors (Lipinski definition) is 3. The predicted molar refractivity (Wildman–Crippen MR) is 82.1 cm³/mol. The molecule has 0 unspecified atom stereocenters. The molecule has 3 rings (SSSR count). The van der Waals surface area contributed by atoms with Crippen molar-refractivity contribution in [2.24, 2.45) is 0 Å². The van der Waals surface area contributed by atoms with Crippen molar-refractivity contribution in [3.05, 3.63) is 59.9 Å². The lowest BCUT2D eigenvalue weighted by Gasteiger charge is -2.04. The van der Waals surface area contributed by atoms with E-state index in [2.05, 4.69) is 4.98 Å². The first kappa shape index (κ1) is 12.8. The number of halogens is 1. The first-order valence-corrected chi connectivity index (χ1v) is 7.05. The van der Waals surface area contributed by atoms with E-state index in [1.54, 1.807) is 12.1 Å². The Morgan fingerprint density at radius 1 is 1.10 bits per heavy atom. The Hall–Kier alpha value is -2.20. The molecule has 0 aliphatic carbocycles. The van der Waals surface area contributed by atoms with E-state index in [1.165, 1.54) is 17.4 Å². The SMILES string of the molecule is Cc1cccc(-c2nc(N)sc2-c2ccccc2F)c1. The molecule has 1 heterocycles. The zero-order valence-electron chi connectivity index (χ0n) is 10.9. The summed E-state index contributed by atoms with van der Waals surface area (Å²) in [6, 6.07) is 14.7. The highest BCUT2D eigenvalue weighted by Gasteiger charge is 2.16. The number of nitrogens with zero attached hydrogens (tertiary/aromatic N) is 1. The summed E-state index contributed by atoms with van der Waals surface area (Å²) in [4.78, 5) is 5.14. The Labute approximate surface area is 120 Å². The molecule has 2 N–H and O–H groups in total. The highest BCUT2D eigenvalue weighted by atomic mass is 32.1. The van der Waals surface area contributed by atoms with Gasteiger partial charge in [0, 0.05) is 11.1 Å². The molecule has 2 nitrogen and oxygen atoms in total. The molecule has 0 aliphatic heterocycles. The molecule has 0 atom stereocenters. The summed E-state index contributed by atoms with van der Waals surface area (Å²) in [6.07, 6.45) is 0. The van der Waals surface area contributed by atoms with Crippen LogP contribution in [0, 0.1) is 12.7 Å². The van der Waals surface area contributed by atoms with Crippen molar-refractivity contribution >= 4 is 16.5 Å². The molecule has 0 saturated heterocycles. The lowest BCUT2D eigenvalue weighted by molar-refractivity contribution is 0.631. The number of nitrogen functional groups attached to an aromatic ring is 1. The minimum absolute atomic E-state index is 0.259. The molecule has 0 bridgehead atoms. The molecule has 0 aliphatic rings. The quantitative estimate of drug-likeness (QED) is 0.752. The lowest BCUT2D eigenvalue weighted by Crippen LogP contribution is -1.87. The fourth-order valence-corrected chi connectivity index (χ4v) is 3.03. The molecule has 0 amide bonds. The molecular formula is C16H13FN2S.